The van der Waals surface area contributed by atoms with Crippen LogP contribution in [0.1, 0.15) is 59.5 Å². The van der Waals surface area contributed by atoms with Crippen molar-refractivity contribution in [2.24, 2.45) is 0 Å². The van der Waals surface area contributed by atoms with Crippen molar-refractivity contribution in [3.05, 3.63) is 119 Å². The van der Waals surface area contributed by atoms with Crippen LogP contribution in [-0.2, 0) is 9.59 Å². The quantitative estimate of drug-likeness (QED) is 0.288. The molecule has 3 rings (SSSR count). The van der Waals surface area contributed by atoms with E-state index >= 15 is 0 Å². The highest BCUT2D eigenvalue weighted by atomic mass is 16.2. The van der Waals surface area contributed by atoms with E-state index in [1.54, 1.807) is 12.2 Å². The number of amides is 4. The van der Waals surface area contributed by atoms with Crippen molar-refractivity contribution in [1.82, 2.24) is 21.3 Å². The maximum Gasteiger partial charge on any atom is 0.268 e. The summed E-state index contributed by atoms with van der Waals surface area (Å²) in [6.07, 6.45) is 3.19. The van der Waals surface area contributed by atoms with Gasteiger partial charge in [-0.05, 0) is 75.2 Å². The summed E-state index contributed by atoms with van der Waals surface area (Å²) < 4.78 is 0. The Morgan fingerprint density at radius 2 is 0.850 bits per heavy atom. The Bertz CT molecular complexity index is 1290. The topological polar surface area (TPSA) is 116 Å². The summed E-state index contributed by atoms with van der Waals surface area (Å²) in [7, 11) is 0. The minimum Gasteiger partial charge on any atom is -0.349 e. The molecule has 0 spiro atoms. The van der Waals surface area contributed by atoms with E-state index in [4.69, 9.17) is 0 Å². The SMILES string of the molecule is CC(C)NC(=O)/C(=C\c1ccccc1)NC(=O)c1ccc(C(=O)N/C(=C/c2ccccc2)C(=O)NC(C)C)cc1. The van der Waals surface area contributed by atoms with E-state index < -0.39 is 23.6 Å². The predicted molar refractivity (Wildman–Crippen MR) is 157 cm³/mol. The minimum atomic E-state index is -0.506. The van der Waals surface area contributed by atoms with Gasteiger partial charge < -0.3 is 21.3 Å². The molecule has 8 heteroatoms. The van der Waals surface area contributed by atoms with Gasteiger partial charge in [-0.1, -0.05) is 60.7 Å². The van der Waals surface area contributed by atoms with Gasteiger partial charge in [0, 0.05) is 23.2 Å². The first-order chi connectivity index (χ1) is 19.1. The molecule has 3 aromatic rings. The van der Waals surface area contributed by atoms with Crippen LogP contribution in [0.5, 0.6) is 0 Å². The molecule has 4 amide bonds. The molecule has 0 aromatic heterocycles. The lowest BCUT2D eigenvalue weighted by molar-refractivity contribution is -0.119. The summed E-state index contributed by atoms with van der Waals surface area (Å²) in [5.74, 6) is -1.84. The molecule has 0 atom stereocenters. The second-order valence-electron chi connectivity index (χ2n) is 9.68. The molecule has 3 aromatic carbocycles. The molecule has 0 radical (unpaired) electrons. The monoisotopic (exact) mass is 538 g/mol. The molecular weight excluding hydrogens is 504 g/mol. The van der Waals surface area contributed by atoms with Gasteiger partial charge in [0.15, 0.2) is 0 Å². The van der Waals surface area contributed by atoms with Crippen LogP contribution in [0.15, 0.2) is 96.3 Å². The minimum absolute atomic E-state index is 0.0959. The Balaban J connectivity index is 1.77. The summed E-state index contributed by atoms with van der Waals surface area (Å²) in [5, 5.41) is 10.9. The standard InChI is InChI=1S/C32H34N4O4/c1-21(2)33-31(39)27(19-23-11-7-5-8-12-23)35-29(37)25-15-17-26(18-16-25)30(38)36-28(32(40)34-22(3)4)20-24-13-9-6-10-14-24/h5-22H,1-4H3,(H,33,39)(H,34,40)(H,35,37)(H,36,38)/b27-19+,28-20+. The normalized spacial score (nSPS) is 11.7. The number of hydrogen-bond acceptors (Lipinski definition) is 4. The number of carbonyl (C=O) groups is 4. The zero-order chi connectivity index (χ0) is 29.1. The van der Waals surface area contributed by atoms with Gasteiger partial charge in [-0.3, -0.25) is 19.2 Å². The second-order valence-corrected chi connectivity index (χ2v) is 9.68. The van der Waals surface area contributed by atoms with Crippen LogP contribution in [0.4, 0.5) is 0 Å². The van der Waals surface area contributed by atoms with E-state index in [1.807, 2.05) is 88.4 Å². The first kappa shape index (κ1) is 29.6. The largest absolute Gasteiger partial charge is 0.349 e. The van der Waals surface area contributed by atoms with E-state index in [0.717, 1.165) is 11.1 Å². The molecule has 40 heavy (non-hydrogen) atoms. The van der Waals surface area contributed by atoms with Gasteiger partial charge in [-0.2, -0.15) is 0 Å². The first-order valence-corrected chi connectivity index (χ1v) is 13.0. The summed E-state index contributed by atoms with van der Waals surface area (Å²) in [4.78, 5) is 51.5. The van der Waals surface area contributed by atoms with Gasteiger partial charge >= 0.3 is 0 Å². The molecule has 0 aliphatic heterocycles. The molecule has 0 bridgehead atoms. The van der Waals surface area contributed by atoms with Crippen LogP contribution in [-0.4, -0.2) is 35.7 Å². The van der Waals surface area contributed by atoms with Crippen molar-refractivity contribution < 1.29 is 19.2 Å². The Morgan fingerprint density at radius 1 is 0.525 bits per heavy atom. The Labute approximate surface area is 234 Å². The fourth-order valence-corrected chi connectivity index (χ4v) is 3.59. The molecule has 0 unspecified atom stereocenters. The van der Waals surface area contributed by atoms with E-state index in [9.17, 15) is 19.2 Å². The maximum absolute atomic E-state index is 13.0. The maximum atomic E-state index is 13.0. The molecule has 0 saturated carbocycles. The zero-order valence-electron chi connectivity index (χ0n) is 23.0. The lowest BCUT2D eigenvalue weighted by Gasteiger charge is -2.14. The highest BCUT2D eigenvalue weighted by molar-refractivity contribution is 6.07. The molecule has 0 aliphatic rings. The van der Waals surface area contributed by atoms with Gasteiger partial charge in [-0.25, -0.2) is 0 Å². The third-order valence-electron chi connectivity index (χ3n) is 5.46. The van der Waals surface area contributed by atoms with E-state index in [2.05, 4.69) is 21.3 Å². The van der Waals surface area contributed by atoms with Gasteiger partial charge in [0.1, 0.15) is 11.4 Å². The number of hydrogen-bond donors (Lipinski definition) is 4. The molecule has 0 heterocycles. The summed E-state index contributed by atoms with van der Waals surface area (Å²) >= 11 is 0. The summed E-state index contributed by atoms with van der Waals surface area (Å²) in [6.45, 7) is 7.32. The van der Waals surface area contributed by atoms with Crippen LogP contribution in [0.25, 0.3) is 12.2 Å². The molecule has 8 nitrogen and oxygen atoms in total. The van der Waals surface area contributed by atoms with Gasteiger partial charge in [-0.15, -0.1) is 0 Å². The molecule has 4 N–H and O–H groups in total. The number of nitrogens with one attached hydrogen (secondary N) is 4. The van der Waals surface area contributed by atoms with E-state index in [0.29, 0.717) is 0 Å². The van der Waals surface area contributed by atoms with E-state index in [-0.39, 0.29) is 34.6 Å². The average Bonchev–Trinajstić information content (AvgIpc) is 2.92. The van der Waals surface area contributed by atoms with Crippen LogP contribution in [0, 0.1) is 0 Å². The number of benzene rings is 3. The van der Waals surface area contributed by atoms with Crippen molar-refractivity contribution >= 4 is 35.8 Å². The highest BCUT2D eigenvalue weighted by Crippen LogP contribution is 2.11. The van der Waals surface area contributed by atoms with Crippen LogP contribution in [0.3, 0.4) is 0 Å². The molecular formula is C32H34N4O4. The molecule has 206 valence electrons. The van der Waals surface area contributed by atoms with Gasteiger partial charge in [0.05, 0.1) is 0 Å². The Morgan fingerprint density at radius 3 is 1.15 bits per heavy atom. The average molecular weight is 539 g/mol. The third-order valence-corrected chi connectivity index (χ3v) is 5.46. The lowest BCUT2D eigenvalue weighted by Crippen LogP contribution is -2.38. The van der Waals surface area contributed by atoms with Crippen LogP contribution >= 0.6 is 0 Å². The van der Waals surface area contributed by atoms with Crippen LogP contribution < -0.4 is 21.3 Å². The smallest absolute Gasteiger partial charge is 0.268 e. The fourth-order valence-electron chi connectivity index (χ4n) is 3.59. The zero-order valence-corrected chi connectivity index (χ0v) is 23.0. The Hall–Kier alpha value is -4.98. The third kappa shape index (κ3) is 9.09. The summed E-state index contributed by atoms with van der Waals surface area (Å²) in [6, 6.07) is 24.1. The second kappa shape index (κ2) is 14.2. The molecule has 0 fully saturated rings. The van der Waals surface area contributed by atoms with Crippen molar-refractivity contribution in [1.29, 1.82) is 0 Å². The number of carbonyl (C=O) groups excluding carboxylic acids is 4. The van der Waals surface area contributed by atoms with Gasteiger partial charge in [0.2, 0.25) is 0 Å². The van der Waals surface area contributed by atoms with Crippen molar-refractivity contribution in [3.63, 3.8) is 0 Å². The summed E-state index contributed by atoms with van der Waals surface area (Å²) in [5.41, 5.74) is 2.21. The fraction of sp³-hybridized carbons (Fsp3) is 0.188. The Kier molecular flexibility index (Phi) is 10.5. The number of rotatable bonds is 10. The van der Waals surface area contributed by atoms with E-state index in [1.165, 1.54) is 24.3 Å². The highest BCUT2D eigenvalue weighted by Gasteiger charge is 2.18. The van der Waals surface area contributed by atoms with Gasteiger partial charge in [0.25, 0.3) is 23.6 Å². The van der Waals surface area contributed by atoms with Crippen LogP contribution in [0.2, 0.25) is 0 Å². The molecule has 0 aliphatic carbocycles. The molecule has 0 saturated heterocycles. The lowest BCUT2D eigenvalue weighted by atomic mass is 10.1. The first-order valence-electron chi connectivity index (χ1n) is 13.0. The van der Waals surface area contributed by atoms with Crippen molar-refractivity contribution in [3.8, 4) is 0 Å². The van der Waals surface area contributed by atoms with Crippen molar-refractivity contribution in [2.45, 2.75) is 39.8 Å². The van der Waals surface area contributed by atoms with Crippen molar-refractivity contribution in [2.75, 3.05) is 0 Å². The predicted octanol–water partition coefficient (Wildman–Crippen LogP) is 4.28.